The first-order chi connectivity index (χ1) is 5.58. The van der Waals surface area contributed by atoms with Crippen LogP contribution in [0.15, 0.2) is 24.4 Å². The van der Waals surface area contributed by atoms with Gasteiger partial charge in [-0.3, -0.25) is 4.98 Å². The van der Waals surface area contributed by atoms with E-state index in [-0.39, 0.29) is 6.42 Å². The highest BCUT2D eigenvalue weighted by Crippen LogP contribution is 1.99. The summed E-state index contributed by atoms with van der Waals surface area (Å²) in [5.41, 5.74) is 0.582. The van der Waals surface area contributed by atoms with Crippen LogP contribution in [0.25, 0.3) is 0 Å². The number of nitrogens with zero attached hydrogens (tertiary/aromatic N) is 1. The van der Waals surface area contributed by atoms with E-state index >= 15 is 0 Å². The van der Waals surface area contributed by atoms with Gasteiger partial charge < -0.3 is 0 Å². The van der Waals surface area contributed by atoms with Gasteiger partial charge in [0.05, 0.1) is 5.75 Å². The molecule has 0 bridgehead atoms. The molecule has 0 fully saturated rings. The van der Waals surface area contributed by atoms with E-state index < -0.39 is 16.0 Å². The van der Waals surface area contributed by atoms with Crippen molar-refractivity contribution in [2.75, 3.05) is 5.75 Å². The number of rotatable bonds is 3. The Morgan fingerprint density at radius 3 is 2.67 bits per heavy atom. The normalized spacial score (nSPS) is 11.4. The van der Waals surface area contributed by atoms with Crippen molar-refractivity contribution in [1.29, 1.82) is 0 Å². The molecule has 0 saturated heterocycles. The van der Waals surface area contributed by atoms with Crippen molar-refractivity contribution in [3.05, 3.63) is 30.1 Å². The molecule has 0 atom stereocenters. The zero-order valence-corrected chi connectivity index (χ0v) is 7.09. The van der Waals surface area contributed by atoms with Crippen molar-refractivity contribution in [2.45, 2.75) is 6.42 Å². The molecule has 5 heteroatoms. The SMILES string of the molecule is O=S(=O)(F)CCc1ccccn1. The van der Waals surface area contributed by atoms with Gasteiger partial charge in [0.15, 0.2) is 0 Å². The largest absolute Gasteiger partial charge is 0.302 e. The molecule has 0 unspecified atom stereocenters. The molecule has 1 aromatic rings. The molecule has 0 spiro atoms. The van der Waals surface area contributed by atoms with Crippen molar-refractivity contribution < 1.29 is 12.3 Å². The summed E-state index contributed by atoms with van der Waals surface area (Å²) in [6.07, 6.45) is 1.67. The highest BCUT2D eigenvalue weighted by atomic mass is 32.3. The predicted octanol–water partition coefficient (Wildman–Crippen LogP) is 0.923. The molecule has 0 radical (unpaired) electrons. The Hall–Kier alpha value is -0.970. The van der Waals surface area contributed by atoms with Crippen molar-refractivity contribution >= 4 is 10.2 Å². The number of pyridine rings is 1. The average Bonchev–Trinajstić information content (AvgIpc) is 2.02. The van der Waals surface area contributed by atoms with Gasteiger partial charge in [-0.15, -0.1) is 3.89 Å². The lowest BCUT2D eigenvalue weighted by molar-refractivity contribution is 0.551. The maximum absolute atomic E-state index is 12.0. The minimum Gasteiger partial charge on any atom is -0.261 e. The highest BCUT2D eigenvalue weighted by Gasteiger charge is 2.06. The van der Waals surface area contributed by atoms with Crippen molar-refractivity contribution in [2.24, 2.45) is 0 Å². The minimum atomic E-state index is -4.36. The van der Waals surface area contributed by atoms with Gasteiger partial charge in [-0.2, -0.15) is 8.42 Å². The summed E-state index contributed by atoms with van der Waals surface area (Å²) in [6, 6.07) is 5.10. The Kier molecular flexibility index (Phi) is 2.75. The molecule has 0 aliphatic rings. The van der Waals surface area contributed by atoms with E-state index in [1.165, 1.54) is 0 Å². The molecule has 0 aliphatic heterocycles. The molecule has 0 N–H and O–H groups in total. The number of aryl methyl sites for hydroxylation is 1. The van der Waals surface area contributed by atoms with Crippen LogP contribution in [0.5, 0.6) is 0 Å². The summed E-state index contributed by atoms with van der Waals surface area (Å²) in [5.74, 6) is -0.496. The highest BCUT2D eigenvalue weighted by molar-refractivity contribution is 7.86. The number of hydrogen-bond acceptors (Lipinski definition) is 3. The van der Waals surface area contributed by atoms with E-state index in [0.717, 1.165) is 0 Å². The molecule has 66 valence electrons. The van der Waals surface area contributed by atoms with Gasteiger partial charge in [-0.1, -0.05) is 6.07 Å². The second-order valence-electron chi connectivity index (χ2n) is 2.31. The lowest BCUT2D eigenvalue weighted by Gasteiger charge is -1.95. The first-order valence-electron chi connectivity index (χ1n) is 3.40. The quantitative estimate of drug-likeness (QED) is 0.664. The van der Waals surface area contributed by atoms with Crippen LogP contribution >= 0.6 is 0 Å². The van der Waals surface area contributed by atoms with E-state index in [1.54, 1.807) is 24.4 Å². The average molecular weight is 189 g/mol. The van der Waals surface area contributed by atoms with Gasteiger partial charge in [0.25, 0.3) is 0 Å². The van der Waals surface area contributed by atoms with Gasteiger partial charge >= 0.3 is 10.2 Å². The summed E-state index contributed by atoms with van der Waals surface area (Å²) >= 11 is 0. The molecule has 0 aromatic carbocycles. The van der Waals surface area contributed by atoms with Crippen LogP contribution in [0.2, 0.25) is 0 Å². The monoisotopic (exact) mass is 189 g/mol. The van der Waals surface area contributed by atoms with E-state index in [9.17, 15) is 12.3 Å². The summed E-state index contributed by atoms with van der Waals surface area (Å²) in [6.45, 7) is 0. The van der Waals surface area contributed by atoms with Crippen molar-refractivity contribution in [1.82, 2.24) is 4.98 Å². The van der Waals surface area contributed by atoms with E-state index in [2.05, 4.69) is 4.98 Å². The van der Waals surface area contributed by atoms with Crippen LogP contribution in [0.3, 0.4) is 0 Å². The fraction of sp³-hybridized carbons (Fsp3) is 0.286. The van der Waals surface area contributed by atoms with Crippen LogP contribution in [0, 0.1) is 0 Å². The van der Waals surface area contributed by atoms with Gasteiger partial charge in [0.1, 0.15) is 0 Å². The van der Waals surface area contributed by atoms with Crippen molar-refractivity contribution in [3.63, 3.8) is 0 Å². The number of hydrogen-bond donors (Lipinski definition) is 0. The Morgan fingerprint density at radius 2 is 2.17 bits per heavy atom. The van der Waals surface area contributed by atoms with Crippen LogP contribution in [0.4, 0.5) is 3.89 Å². The summed E-state index contributed by atoms with van der Waals surface area (Å²) in [5, 5.41) is 0. The maximum Gasteiger partial charge on any atom is 0.302 e. The first-order valence-corrected chi connectivity index (χ1v) is 4.95. The third-order valence-corrected chi connectivity index (χ3v) is 2.02. The fourth-order valence-electron chi connectivity index (χ4n) is 0.772. The second kappa shape index (κ2) is 3.62. The van der Waals surface area contributed by atoms with Crippen molar-refractivity contribution in [3.8, 4) is 0 Å². The zero-order chi connectivity index (χ0) is 9.03. The van der Waals surface area contributed by atoms with Gasteiger partial charge in [0, 0.05) is 18.3 Å². The van der Waals surface area contributed by atoms with Crippen LogP contribution in [-0.4, -0.2) is 19.2 Å². The molecule has 0 amide bonds. The summed E-state index contributed by atoms with van der Waals surface area (Å²) < 4.78 is 32.2. The molecular formula is C7H8FNO2S. The predicted molar refractivity (Wildman–Crippen MR) is 42.8 cm³/mol. The minimum absolute atomic E-state index is 0.125. The Balaban J connectivity index is 2.56. The molecule has 12 heavy (non-hydrogen) atoms. The summed E-state index contributed by atoms with van der Waals surface area (Å²) in [4.78, 5) is 3.85. The third kappa shape index (κ3) is 3.43. The number of aromatic nitrogens is 1. The topological polar surface area (TPSA) is 47.0 Å². The van der Waals surface area contributed by atoms with Crippen LogP contribution in [-0.2, 0) is 16.6 Å². The van der Waals surface area contributed by atoms with Gasteiger partial charge in [-0.05, 0) is 12.1 Å². The fourth-order valence-corrected chi connectivity index (χ4v) is 1.23. The molecule has 0 aliphatic carbocycles. The first kappa shape index (κ1) is 9.12. The Labute approximate surface area is 70.5 Å². The maximum atomic E-state index is 12.0. The lowest BCUT2D eigenvalue weighted by atomic mass is 10.3. The lowest BCUT2D eigenvalue weighted by Crippen LogP contribution is -2.02. The smallest absolute Gasteiger partial charge is 0.261 e. The molecule has 0 saturated carbocycles. The van der Waals surface area contributed by atoms with Crippen LogP contribution < -0.4 is 0 Å². The van der Waals surface area contributed by atoms with Crippen LogP contribution in [0.1, 0.15) is 5.69 Å². The van der Waals surface area contributed by atoms with E-state index in [0.29, 0.717) is 5.69 Å². The third-order valence-electron chi connectivity index (χ3n) is 1.33. The second-order valence-corrected chi connectivity index (χ2v) is 3.80. The molecular weight excluding hydrogens is 181 g/mol. The van der Waals surface area contributed by atoms with E-state index in [4.69, 9.17) is 0 Å². The zero-order valence-electron chi connectivity index (χ0n) is 6.27. The Morgan fingerprint density at radius 1 is 1.42 bits per heavy atom. The van der Waals surface area contributed by atoms with Gasteiger partial charge in [-0.25, -0.2) is 0 Å². The molecule has 1 rings (SSSR count). The molecule has 1 aromatic heterocycles. The molecule has 3 nitrogen and oxygen atoms in total. The van der Waals surface area contributed by atoms with Gasteiger partial charge in [0.2, 0.25) is 0 Å². The molecule has 1 heterocycles. The number of halogens is 1. The summed E-state index contributed by atoms with van der Waals surface area (Å²) in [7, 11) is -4.36. The standard InChI is InChI=1S/C7H8FNO2S/c8-12(10,11)6-4-7-3-1-2-5-9-7/h1-3,5H,4,6H2. The Bertz CT molecular complexity index is 336. The van der Waals surface area contributed by atoms with E-state index in [1.807, 2.05) is 0 Å².